The first-order chi connectivity index (χ1) is 16.0. The molecule has 0 fully saturated rings. The maximum Gasteiger partial charge on any atom is 0.326 e. The Hall–Kier alpha value is -3.12. The lowest BCUT2D eigenvalue weighted by Gasteiger charge is -2.28. The summed E-state index contributed by atoms with van der Waals surface area (Å²) >= 11 is 3.99. The van der Waals surface area contributed by atoms with Gasteiger partial charge in [-0.05, 0) is 11.5 Å². The molecule has 5 unspecified atom stereocenters. The van der Waals surface area contributed by atoms with E-state index in [1.165, 1.54) is 0 Å². The molecule has 0 aromatic heterocycles. The number of rotatable bonds is 14. The molecule has 188 valence electrons. The monoisotopic (exact) mass is 496 g/mol. The van der Waals surface area contributed by atoms with Gasteiger partial charge in [-0.15, -0.1) is 0 Å². The molecule has 5 atom stereocenters. The van der Waals surface area contributed by atoms with Gasteiger partial charge >= 0.3 is 11.9 Å². The topological polar surface area (TPSA) is 188 Å². The van der Waals surface area contributed by atoms with Crippen LogP contribution in [0.5, 0.6) is 0 Å². The normalized spacial score (nSPS) is 15.2. The minimum absolute atomic E-state index is 0.0591. The van der Waals surface area contributed by atoms with Gasteiger partial charge in [0.25, 0.3) is 0 Å². The van der Waals surface area contributed by atoms with Gasteiger partial charge in [0, 0.05) is 12.2 Å². The zero-order chi connectivity index (χ0) is 25.8. The summed E-state index contributed by atoms with van der Waals surface area (Å²) in [4.78, 5) is 60.6. The average molecular weight is 497 g/mol. The van der Waals surface area contributed by atoms with E-state index in [9.17, 15) is 29.1 Å². The first kappa shape index (κ1) is 28.9. The molecule has 0 aliphatic carbocycles. The quantitative estimate of drug-likeness (QED) is 0.169. The third kappa shape index (κ3) is 9.40. The van der Waals surface area contributed by atoms with Crippen LogP contribution in [0, 0.1) is 5.92 Å². The van der Waals surface area contributed by atoms with Crippen LogP contribution in [0.3, 0.4) is 0 Å². The molecule has 3 amide bonds. The predicted molar refractivity (Wildman–Crippen MR) is 127 cm³/mol. The maximum absolute atomic E-state index is 13.2. The number of aliphatic carboxylic acids is 2. The molecule has 7 N–H and O–H groups in total. The molecule has 34 heavy (non-hydrogen) atoms. The Morgan fingerprint density at radius 1 is 0.941 bits per heavy atom. The maximum atomic E-state index is 13.2. The van der Waals surface area contributed by atoms with Gasteiger partial charge in [-0.1, -0.05) is 50.6 Å². The van der Waals surface area contributed by atoms with Crippen molar-refractivity contribution in [3.8, 4) is 0 Å². The van der Waals surface area contributed by atoms with Crippen molar-refractivity contribution in [2.75, 3.05) is 5.75 Å². The summed E-state index contributed by atoms with van der Waals surface area (Å²) in [6.45, 7) is 3.46. The van der Waals surface area contributed by atoms with E-state index in [-0.39, 0.29) is 12.2 Å². The standard InChI is InChI=1S/C22H32N4O7S/c1-3-12(2)18(21(31)25-16(22(32)33)10-17(27)28)26-20(30)15(24-19(29)14(23)11-34)9-13-7-5-4-6-8-13/h4-8,12,14-16,18,34H,3,9-11,23H2,1-2H3,(H,24,29)(H,25,31)(H,26,30)(H,27,28)(H,32,33). The Labute approximate surface area is 203 Å². The molecular weight excluding hydrogens is 464 g/mol. The van der Waals surface area contributed by atoms with Gasteiger partial charge in [0.05, 0.1) is 12.5 Å². The van der Waals surface area contributed by atoms with Crippen LogP contribution >= 0.6 is 12.6 Å². The second-order valence-corrected chi connectivity index (χ2v) is 8.27. The summed E-state index contributed by atoms with van der Waals surface area (Å²) in [5, 5.41) is 25.5. The molecule has 11 nitrogen and oxygen atoms in total. The number of carbonyl (C=O) groups is 5. The summed E-state index contributed by atoms with van der Waals surface area (Å²) in [6.07, 6.45) is -0.255. The van der Waals surface area contributed by atoms with Crippen molar-refractivity contribution in [1.29, 1.82) is 0 Å². The molecule has 1 aromatic rings. The fourth-order valence-corrected chi connectivity index (χ4v) is 3.18. The van der Waals surface area contributed by atoms with E-state index in [1.54, 1.807) is 44.2 Å². The Bertz CT molecular complexity index is 868. The van der Waals surface area contributed by atoms with Crippen molar-refractivity contribution in [3.63, 3.8) is 0 Å². The lowest BCUT2D eigenvalue weighted by atomic mass is 9.96. The number of carboxylic acid groups (broad SMARTS) is 2. The van der Waals surface area contributed by atoms with E-state index in [2.05, 4.69) is 28.6 Å². The van der Waals surface area contributed by atoms with Crippen LogP contribution in [-0.4, -0.2) is 69.8 Å². The van der Waals surface area contributed by atoms with E-state index >= 15 is 0 Å². The van der Waals surface area contributed by atoms with Crippen molar-refractivity contribution in [3.05, 3.63) is 35.9 Å². The van der Waals surface area contributed by atoms with Crippen LogP contribution in [0.15, 0.2) is 30.3 Å². The molecule has 12 heteroatoms. The van der Waals surface area contributed by atoms with Gasteiger partial charge in [-0.25, -0.2) is 4.79 Å². The summed E-state index contributed by atoms with van der Waals surface area (Å²) in [5.41, 5.74) is 6.46. The van der Waals surface area contributed by atoms with Gasteiger partial charge in [-0.2, -0.15) is 12.6 Å². The summed E-state index contributed by atoms with van der Waals surface area (Å²) in [6, 6.07) is 4.03. The number of hydrogen-bond donors (Lipinski definition) is 7. The molecule has 0 aliphatic heterocycles. The van der Waals surface area contributed by atoms with E-state index in [4.69, 9.17) is 10.8 Å². The predicted octanol–water partition coefficient (Wildman–Crippen LogP) is -0.454. The second kappa shape index (κ2) is 14.2. The lowest BCUT2D eigenvalue weighted by Crippen LogP contribution is -2.59. The fraction of sp³-hybridized carbons (Fsp3) is 0.500. The van der Waals surface area contributed by atoms with E-state index in [1.807, 2.05) is 0 Å². The van der Waals surface area contributed by atoms with E-state index in [0.29, 0.717) is 6.42 Å². The summed E-state index contributed by atoms with van der Waals surface area (Å²) in [7, 11) is 0. The summed E-state index contributed by atoms with van der Waals surface area (Å²) < 4.78 is 0. The van der Waals surface area contributed by atoms with Crippen molar-refractivity contribution < 1.29 is 34.2 Å². The Morgan fingerprint density at radius 2 is 1.53 bits per heavy atom. The van der Waals surface area contributed by atoms with Crippen LogP contribution in [0.25, 0.3) is 0 Å². The van der Waals surface area contributed by atoms with Crippen molar-refractivity contribution in [1.82, 2.24) is 16.0 Å². The minimum atomic E-state index is -1.67. The number of hydrogen-bond acceptors (Lipinski definition) is 7. The highest BCUT2D eigenvalue weighted by Crippen LogP contribution is 2.11. The average Bonchev–Trinajstić information content (AvgIpc) is 2.80. The van der Waals surface area contributed by atoms with Gasteiger partial charge in [0.1, 0.15) is 18.1 Å². The molecule has 1 rings (SSSR count). The van der Waals surface area contributed by atoms with Gasteiger partial charge < -0.3 is 31.9 Å². The highest BCUT2D eigenvalue weighted by molar-refractivity contribution is 7.80. The van der Waals surface area contributed by atoms with E-state index in [0.717, 1.165) is 5.56 Å². The zero-order valence-electron chi connectivity index (χ0n) is 19.1. The Morgan fingerprint density at radius 3 is 2.03 bits per heavy atom. The molecular formula is C22H32N4O7S. The molecule has 0 heterocycles. The highest BCUT2D eigenvalue weighted by atomic mass is 32.1. The third-order valence-electron chi connectivity index (χ3n) is 5.24. The van der Waals surface area contributed by atoms with Gasteiger partial charge in [-0.3, -0.25) is 19.2 Å². The van der Waals surface area contributed by atoms with Crippen LogP contribution in [0.4, 0.5) is 0 Å². The molecule has 0 aliphatic rings. The number of thiol groups is 1. The van der Waals surface area contributed by atoms with Gasteiger partial charge in [0.2, 0.25) is 17.7 Å². The van der Waals surface area contributed by atoms with Crippen molar-refractivity contribution in [2.24, 2.45) is 11.7 Å². The van der Waals surface area contributed by atoms with Gasteiger partial charge in [0.15, 0.2) is 0 Å². The van der Waals surface area contributed by atoms with Crippen molar-refractivity contribution >= 4 is 42.3 Å². The number of carboxylic acids is 2. The minimum Gasteiger partial charge on any atom is -0.481 e. The number of benzene rings is 1. The smallest absolute Gasteiger partial charge is 0.326 e. The number of carbonyl (C=O) groups excluding carboxylic acids is 3. The van der Waals surface area contributed by atoms with Crippen LogP contribution in [0.1, 0.15) is 32.3 Å². The molecule has 0 spiro atoms. The molecule has 0 saturated carbocycles. The second-order valence-electron chi connectivity index (χ2n) is 7.91. The van der Waals surface area contributed by atoms with Crippen LogP contribution in [-0.2, 0) is 30.4 Å². The third-order valence-corrected chi connectivity index (χ3v) is 5.63. The number of nitrogens with two attached hydrogens (primary N) is 1. The SMILES string of the molecule is CCC(C)C(NC(=O)C(Cc1ccccc1)NC(=O)C(N)CS)C(=O)NC(CC(=O)O)C(=O)O. The molecule has 0 radical (unpaired) electrons. The fourth-order valence-electron chi connectivity index (χ4n) is 3.01. The highest BCUT2D eigenvalue weighted by Gasteiger charge is 2.33. The molecule has 0 bridgehead atoms. The first-order valence-electron chi connectivity index (χ1n) is 10.8. The van der Waals surface area contributed by atoms with Crippen molar-refractivity contribution in [2.45, 2.75) is 57.3 Å². The number of nitrogens with one attached hydrogen (secondary N) is 3. The first-order valence-corrected chi connectivity index (χ1v) is 11.4. The summed E-state index contributed by atoms with van der Waals surface area (Å²) in [5.74, 6) is -5.38. The van der Waals surface area contributed by atoms with E-state index < -0.39 is 66.2 Å². The van der Waals surface area contributed by atoms with Crippen LogP contribution in [0.2, 0.25) is 0 Å². The lowest BCUT2D eigenvalue weighted by molar-refractivity contribution is -0.147. The Kier molecular flexibility index (Phi) is 12.1. The Balaban J connectivity index is 3.11. The molecule has 1 aromatic carbocycles. The molecule has 0 saturated heterocycles. The zero-order valence-corrected chi connectivity index (χ0v) is 20.0. The number of amides is 3. The van der Waals surface area contributed by atoms with Crippen LogP contribution < -0.4 is 21.7 Å². The largest absolute Gasteiger partial charge is 0.481 e.